The van der Waals surface area contributed by atoms with Gasteiger partial charge in [0.15, 0.2) is 5.82 Å². The molecule has 1 aliphatic carbocycles. The highest BCUT2D eigenvalue weighted by Crippen LogP contribution is 2.38. The molecule has 0 N–H and O–H groups in total. The molecule has 1 fully saturated rings. The highest BCUT2D eigenvalue weighted by Gasteiger charge is 2.28. The second kappa shape index (κ2) is 6.27. The first-order chi connectivity index (χ1) is 11.7. The minimum atomic E-state index is -1.18. The lowest BCUT2D eigenvalue weighted by atomic mass is 10.2. The Morgan fingerprint density at radius 2 is 2.12 bits per heavy atom. The highest BCUT2D eigenvalue weighted by atomic mass is 32.2. The summed E-state index contributed by atoms with van der Waals surface area (Å²) in [5, 5.41) is 4.48. The summed E-state index contributed by atoms with van der Waals surface area (Å²) in [6.45, 7) is 0.340. The minimum Gasteiger partial charge on any atom is -0.338 e. The van der Waals surface area contributed by atoms with Crippen molar-refractivity contribution in [1.29, 1.82) is 0 Å². The third kappa shape index (κ3) is 3.14. The van der Waals surface area contributed by atoms with Crippen LogP contribution in [0.1, 0.15) is 30.5 Å². The number of aryl methyl sites for hydroxylation is 1. The molecule has 0 radical (unpaired) electrons. The fraction of sp³-hybridized carbons (Fsp3) is 0.375. The summed E-state index contributed by atoms with van der Waals surface area (Å²) < 4.78 is 18.8. The van der Waals surface area contributed by atoms with Crippen LogP contribution < -0.4 is 5.56 Å². The molecule has 0 saturated heterocycles. The van der Waals surface area contributed by atoms with Gasteiger partial charge in [-0.3, -0.25) is 13.6 Å². The maximum Gasteiger partial charge on any atom is 0.261 e. The Morgan fingerprint density at radius 3 is 2.96 bits per heavy atom. The fourth-order valence-corrected chi connectivity index (χ4v) is 3.45. The second-order valence-corrected chi connectivity index (χ2v) is 7.45. The number of aromatic nitrogens is 4. The van der Waals surface area contributed by atoms with E-state index in [0.717, 1.165) is 18.7 Å². The summed E-state index contributed by atoms with van der Waals surface area (Å²) in [6.07, 6.45) is 3.69. The maximum atomic E-state index is 12.4. The molecule has 1 aromatic carbocycles. The van der Waals surface area contributed by atoms with Crippen molar-refractivity contribution in [3.63, 3.8) is 0 Å². The van der Waals surface area contributed by atoms with Gasteiger partial charge in [-0.2, -0.15) is 4.98 Å². The van der Waals surface area contributed by atoms with Crippen LogP contribution in [-0.2, 0) is 23.1 Å². The van der Waals surface area contributed by atoms with Gasteiger partial charge in [-0.15, -0.1) is 0 Å². The number of fused-ring (bicyclic) bond motifs is 1. The molecule has 2 aromatic heterocycles. The van der Waals surface area contributed by atoms with Gasteiger partial charge in [-0.05, 0) is 25.0 Å². The van der Waals surface area contributed by atoms with Crippen molar-refractivity contribution in [1.82, 2.24) is 19.7 Å². The zero-order chi connectivity index (χ0) is 16.5. The van der Waals surface area contributed by atoms with E-state index in [1.165, 1.54) is 10.9 Å². The minimum absolute atomic E-state index is 0.119. The lowest BCUT2D eigenvalue weighted by molar-refractivity contribution is 0.384. The van der Waals surface area contributed by atoms with Crippen LogP contribution in [-0.4, -0.2) is 29.7 Å². The van der Waals surface area contributed by atoms with Crippen LogP contribution in [0.25, 0.3) is 10.9 Å². The quantitative estimate of drug-likeness (QED) is 0.675. The molecule has 2 heterocycles. The molecule has 0 unspecified atom stereocenters. The Bertz CT molecular complexity index is 961. The van der Waals surface area contributed by atoms with E-state index < -0.39 is 10.8 Å². The smallest absolute Gasteiger partial charge is 0.261 e. The number of hydrogen-bond donors (Lipinski definition) is 0. The molecular weight excluding hydrogens is 328 g/mol. The summed E-state index contributed by atoms with van der Waals surface area (Å²) in [7, 11) is -1.18. The van der Waals surface area contributed by atoms with Gasteiger partial charge < -0.3 is 4.52 Å². The maximum absolute atomic E-state index is 12.4. The van der Waals surface area contributed by atoms with E-state index in [1.807, 2.05) is 6.07 Å². The van der Waals surface area contributed by atoms with E-state index in [9.17, 15) is 9.00 Å². The lowest BCUT2D eigenvalue weighted by Crippen LogP contribution is -2.23. The third-order valence-corrected chi connectivity index (χ3v) is 5.21. The monoisotopic (exact) mass is 344 g/mol. The number of hydrogen-bond acceptors (Lipinski definition) is 6. The van der Waals surface area contributed by atoms with Crippen LogP contribution in [0.3, 0.4) is 0 Å². The predicted octanol–water partition coefficient (Wildman–Crippen LogP) is 1.61. The van der Waals surface area contributed by atoms with Crippen molar-refractivity contribution in [2.75, 3.05) is 5.75 Å². The zero-order valence-electron chi connectivity index (χ0n) is 12.9. The van der Waals surface area contributed by atoms with Gasteiger partial charge in [0.2, 0.25) is 5.89 Å². The Morgan fingerprint density at radius 1 is 1.29 bits per heavy atom. The molecule has 0 spiro atoms. The molecule has 1 atom stereocenters. The van der Waals surface area contributed by atoms with Gasteiger partial charge in [0.25, 0.3) is 5.56 Å². The molecule has 4 rings (SSSR count). The summed E-state index contributed by atoms with van der Waals surface area (Å²) in [4.78, 5) is 20.9. The van der Waals surface area contributed by atoms with Crippen LogP contribution in [0.15, 0.2) is 39.9 Å². The molecular formula is C16H16N4O3S. The van der Waals surface area contributed by atoms with E-state index in [4.69, 9.17) is 4.52 Å². The lowest BCUT2D eigenvalue weighted by Gasteiger charge is -2.05. The van der Waals surface area contributed by atoms with Crippen molar-refractivity contribution in [3.05, 3.63) is 52.7 Å². The van der Waals surface area contributed by atoms with E-state index in [0.29, 0.717) is 35.0 Å². The van der Waals surface area contributed by atoms with Crippen molar-refractivity contribution in [2.45, 2.75) is 31.1 Å². The van der Waals surface area contributed by atoms with E-state index >= 15 is 0 Å². The second-order valence-electron chi connectivity index (χ2n) is 5.87. The zero-order valence-corrected chi connectivity index (χ0v) is 13.7. The summed E-state index contributed by atoms with van der Waals surface area (Å²) in [6, 6.07) is 7.19. The van der Waals surface area contributed by atoms with Crippen LogP contribution in [0.5, 0.6) is 0 Å². The molecule has 7 nitrogen and oxygen atoms in total. The predicted molar refractivity (Wildman–Crippen MR) is 89.0 cm³/mol. The van der Waals surface area contributed by atoms with Gasteiger partial charge in [-0.1, -0.05) is 17.3 Å². The fourth-order valence-electron chi connectivity index (χ4n) is 2.51. The number of nitrogens with zero attached hydrogens (tertiary/aromatic N) is 4. The van der Waals surface area contributed by atoms with Gasteiger partial charge in [0.1, 0.15) is 5.75 Å². The standard InChI is InChI=1S/C16H16N4O3S/c21-16-12-3-1-2-4-13(12)17-10-20(16)7-8-24(22)9-14-18-15(19-23-14)11-5-6-11/h1-4,10-11H,5-9H2/t24-/m0/s1. The Kier molecular flexibility index (Phi) is 3.97. The summed E-state index contributed by atoms with van der Waals surface area (Å²) in [5.74, 6) is 2.09. The number of rotatable bonds is 6. The molecule has 0 bridgehead atoms. The third-order valence-electron chi connectivity index (χ3n) is 4.00. The SMILES string of the molecule is O=c1c2ccccc2ncn1CC[S@](=O)Cc1nc(C2CC2)no1. The normalized spacial score (nSPS) is 15.7. The summed E-state index contributed by atoms with van der Waals surface area (Å²) >= 11 is 0. The van der Waals surface area contributed by atoms with Gasteiger partial charge >= 0.3 is 0 Å². The molecule has 3 aromatic rings. The van der Waals surface area contributed by atoms with Crippen LogP contribution in [0.4, 0.5) is 0 Å². The van der Waals surface area contributed by atoms with Crippen molar-refractivity contribution in [2.24, 2.45) is 0 Å². The first kappa shape index (κ1) is 15.2. The van der Waals surface area contributed by atoms with Crippen LogP contribution in [0, 0.1) is 0 Å². The average Bonchev–Trinajstić information content (AvgIpc) is 3.34. The highest BCUT2D eigenvalue weighted by molar-refractivity contribution is 7.84. The largest absolute Gasteiger partial charge is 0.338 e. The van der Waals surface area contributed by atoms with Gasteiger partial charge in [0, 0.05) is 29.0 Å². The molecule has 8 heteroatoms. The molecule has 1 saturated carbocycles. The van der Waals surface area contributed by atoms with Crippen molar-refractivity contribution in [3.8, 4) is 0 Å². The number of para-hydroxylation sites is 1. The van der Waals surface area contributed by atoms with E-state index in [2.05, 4.69) is 15.1 Å². The Hall–Kier alpha value is -2.35. The first-order valence-corrected chi connectivity index (χ1v) is 9.31. The number of benzene rings is 1. The topological polar surface area (TPSA) is 90.9 Å². The van der Waals surface area contributed by atoms with Crippen LogP contribution in [0.2, 0.25) is 0 Å². The van der Waals surface area contributed by atoms with E-state index in [1.54, 1.807) is 18.2 Å². The first-order valence-electron chi connectivity index (χ1n) is 7.82. The summed E-state index contributed by atoms with van der Waals surface area (Å²) in [5.41, 5.74) is 0.546. The van der Waals surface area contributed by atoms with Crippen molar-refractivity contribution >= 4 is 21.7 Å². The molecule has 1 aliphatic rings. The Labute approximate surface area is 140 Å². The van der Waals surface area contributed by atoms with Crippen molar-refractivity contribution < 1.29 is 8.73 Å². The van der Waals surface area contributed by atoms with Gasteiger partial charge in [-0.25, -0.2) is 4.98 Å². The van der Waals surface area contributed by atoms with E-state index in [-0.39, 0.29) is 11.3 Å². The molecule has 124 valence electrons. The average molecular weight is 344 g/mol. The molecule has 24 heavy (non-hydrogen) atoms. The van der Waals surface area contributed by atoms with Crippen LogP contribution >= 0.6 is 0 Å². The van der Waals surface area contributed by atoms with Gasteiger partial charge in [0.05, 0.1) is 17.2 Å². The molecule has 0 aliphatic heterocycles. The Balaban J connectivity index is 1.41. The molecule has 0 amide bonds.